The molecule has 1 aromatic heterocycles. The number of hydrogen-bond donors (Lipinski definition) is 3. The van der Waals surface area contributed by atoms with Crippen LogP contribution in [0.25, 0.3) is 0 Å². The molecule has 2 heterocycles. The van der Waals surface area contributed by atoms with Crippen molar-refractivity contribution in [2.24, 2.45) is 13.0 Å². The van der Waals surface area contributed by atoms with E-state index in [-0.39, 0.29) is 42.3 Å². The Hall–Kier alpha value is -4.38. The quantitative estimate of drug-likeness (QED) is 0.415. The smallest absolute Gasteiger partial charge is 0.321 e. The molecule has 4 rings (SSSR count). The number of aromatic nitrogens is 2. The summed E-state index contributed by atoms with van der Waals surface area (Å²) >= 11 is 0. The molecule has 0 aliphatic carbocycles. The van der Waals surface area contributed by atoms with Gasteiger partial charge in [-0.05, 0) is 44.2 Å². The molecule has 0 bridgehead atoms. The maximum absolute atomic E-state index is 13.7. The summed E-state index contributed by atoms with van der Waals surface area (Å²) in [6, 6.07) is 15.0. The third kappa shape index (κ3) is 6.26. The van der Waals surface area contributed by atoms with Gasteiger partial charge in [-0.25, -0.2) is 4.79 Å². The fourth-order valence-corrected chi connectivity index (χ4v) is 4.66. The standard InChI is InChI=1S/C29H36N6O5/c1-18-15-35(20(3)17-36)28(38)22-12-9-13-23(31-27(37)24-14-19(2)32-34(24)5)26(22)40-25(18)16-33(4)29(39)30-21-10-7-6-8-11-21/h6-14,18,20,25,36H,15-17H2,1-5H3,(H,30,39)(H,31,37)/t18-,20+,25+/m1/s1. The molecule has 0 saturated carbocycles. The molecule has 3 aromatic rings. The van der Waals surface area contributed by atoms with Crippen LogP contribution in [0.4, 0.5) is 16.2 Å². The fraction of sp³-hybridized carbons (Fsp3) is 0.379. The van der Waals surface area contributed by atoms with Gasteiger partial charge in [0.2, 0.25) is 0 Å². The number of amides is 4. The van der Waals surface area contributed by atoms with Crippen LogP contribution >= 0.6 is 0 Å². The highest BCUT2D eigenvalue weighted by Crippen LogP contribution is 2.35. The number of nitrogens with zero attached hydrogens (tertiary/aromatic N) is 4. The van der Waals surface area contributed by atoms with Gasteiger partial charge in [0, 0.05) is 32.2 Å². The summed E-state index contributed by atoms with van der Waals surface area (Å²) in [6.07, 6.45) is -0.538. The number of anilines is 2. The Kier molecular flexibility index (Phi) is 8.73. The van der Waals surface area contributed by atoms with Gasteiger partial charge in [0.05, 0.1) is 36.1 Å². The Morgan fingerprint density at radius 1 is 1.18 bits per heavy atom. The number of rotatable bonds is 7. The molecule has 0 saturated heterocycles. The summed E-state index contributed by atoms with van der Waals surface area (Å²) < 4.78 is 7.97. The molecular weight excluding hydrogens is 512 g/mol. The maximum atomic E-state index is 13.7. The number of likely N-dealkylation sites (N-methyl/N-ethyl adjacent to an activating group) is 1. The Balaban J connectivity index is 1.67. The number of fused-ring (bicyclic) bond motifs is 1. The zero-order valence-corrected chi connectivity index (χ0v) is 23.4. The van der Waals surface area contributed by atoms with E-state index in [2.05, 4.69) is 15.7 Å². The number of aliphatic hydroxyl groups excluding tert-OH is 1. The Morgan fingerprint density at radius 2 is 1.90 bits per heavy atom. The number of carbonyl (C=O) groups excluding carboxylic acids is 3. The molecule has 212 valence electrons. The van der Waals surface area contributed by atoms with Gasteiger partial charge in [-0.3, -0.25) is 14.3 Å². The number of para-hydroxylation sites is 2. The molecular formula is C29H36N6O5. The summed E-state index contributed by atoms with van der Waals surface area (Å²) in [5, 5.41) is 19.9. The maximum Gasteiger partial charge on any atom is 0.321 e. The summed E-state index contributed by atoms with van der Waals surface area (Å²) in [4.78, 5) is 42.9. The van der Waals surface area contributed by atoms with Crippen LogP contribution in [0.3, 0.4) is 0 Å². The first kappa shape index (κ1) is 28.6. The highest BCUT2D eigenvalue weighted by Gasteiger charge is 2.35. The van der Waals surface area contributed by atoms with Crippen molar-refractivity contribution in [2.45, 2.75) is 32.9 Å². The molecule has 11 heteroatoms. The molecule has 3 atom stereocenters. The first-order chi connectivity index (χ1) is 19.1. The van der Waals surface area contributed by atoms with Gasteiger partial charge in [0.25, 0.3) is 11.8 Å². The number of carbonyl (C=O) groups is 3. The molecule has 0 unspecified atom stereocenters. The molecule has 0 radical (unpaired) electrons. The van der Waals surface area contributed by atoms with Crippen molar-refractivity contribution in [3.8, 4) is 5.75 Å². The van der Waals surface area contributed by atoms with Crippen LogP contribution in [-0.4, -0.2) is 81.4 Å². The Labute approximate surface area is 233 Å². The number of hydrogen-bond acceptors (Lipinski definition) is 6. The summed E-state index contributed by atoms with van der Waals surface area (Å²) in [6.45, 7) is 5.81. The van der Waals surface area contributed by atoms with E-state index in [4.69, 9.17) is 4.74 Å². The summed E-state index contributed by atoms with van der Waals surface area (Å²) in [7, 11) is 3.35. The second-order valence-corrected chi connectivity index (χ2v) is 10.2. The average Bonchev–Trinajstić information content (AvgIpc) is 3.28. The van der Waals surface area contributed by atoms with E-state index < -0.39 is 18.1 Å². The Morgan fingerprint density at radius 3 is 2.55 bits per heavy atom. The van der Waals surface area contributed by atoms with Gasteiger partial charge >= 0.3 is 6.03 Å². The molecule has 2 aromatic carbocycles. The Bertz CT molecular complexity index is 1370. The molecule has 0 spiro atoms. The van der Waals surface area contributed by atoms with Crippen LogP contribution < -0.4 is 15.4 Å². The third-order valence-electron chi connectivity index (χ3n) is 7.00. The van der Waals surface area contributed by atoms with E-state index in [0.717, 1.165) is 0 Å². The van der Waals surface area contributed by atoms with E-state index in [0.29, 0.717) is 29.3 Å². The van der Waals surface area contributed by atoms with Crippen molar-refractivity contribution in [3.05, 3.63) is 71.5 Å². The lowest BCUT2D eigenvalue weighted by Crippen LogP contribution is -2.50. The number of aliphatic hydroxyl groups is 1. The van der Waals surface area contributed by atoms with Crippen molar-refractivity contribution in [3.63, 3.8) is 0 Å². The predicted molar refractivity (Wildman–Crippen MR) is 152 cm³/mol. The van der Waals surface area contributed by atoms with E-state index in [1.54, 1.807) is 69.2 Å². The molecule has 3 N–H and O–H groups in total. The van der Waals surface area contributed by atoms with Crippen molar-refractivity contribution >= 4 is 29.2 Å². The molecule has 1 aliphatic heterocycles. The number of nitrogens with one attached hydrogen (secondary N) is 2. The minimum atomic E-state index is -0.538. The number of aryl methyl sites for hydroxylation is 2. The lowest BCUT2D eigenvalue weighted by Gasteiger charge is -2.38. The lowest BCUT2D eigenvalue weighted by molar-refractivity contribution is 0.0372. The van der Waals surface area contributed by atoms with Gasteiger partial charge in [-0.15, -0.1) is 0 Å². The van der Waals surface area contributed by atoms with E-state index in [9.17, 15) is 19.5 Å². The third-order valence-corrected chi connectivity index (χ3v) is 7.00. The van der Waals surface area contributed by atoms with Crippen molar-refractivity contribution < 1.29 is 24.2 Å². The minimum Gasteiger partial charge on any atom is -0.485 e. The van der Waals surface area contributed by atoms with Crippen LogP contribution in [0.1, 0.15) is 40.4 Å². The van der Waals surface area contributed by atoms with Crippen molar-refractivity contribution in [1.82, 2.24) is 19.6 Å². The normalized spacial score (nSPS) is 17.6. The van der Waals surface area contributed by atoms with Crippen LogP contribution in [0, 0.1) is 12.8 Å². The topological polar surface area (TPSA) is 129 Å². The first-order valence-corrected chi connectivity index (χ1v) is 13.2. The van der Waals surface area contributed by atoms with Crippen LogP contribution in [0.5, 0.6) is 5.75 Å². The number of ether oxygens (including phenoxy) is 1. The molecule has 1 aliphatic rings. The summed E-state index contributed by atoms with van der Waals surface area (Å²) in [5.74, 6) is -0.728. The molecule has 4 amide bonds. The SMILES string of the molecule is Cc1cc(C(=O)Nc2cccc3c2O[C@@H](CN(C)C(=O)Nc2ccccc2)[C@H](C)CN([C@@H](C)CO)C3=O)n(C)n1. The molecule has 40 heavy (non-hydrogen) atoms. The lowest BCUT2D eigenvalue weighted by atomic mass is 9.99. The average molecular weight is 549 g/mol. The van der Waals surface area contributed by atoms with E-state index >= 15 is 0 Å². The van der Waals surface area contributed by atoms with Crippen molar-refractivity contribution in [2.75, 3.05) is 37.4 Å². The largest absolute Gasteiger partial charge is 0.485 e. The molecule has 0 fully saturated rings. The van der Waals surface area contributed by atoms with Gasteiger partial charge in [0.1, 0.15) is 11.8 Å². The van der Waals surface area contributed by atoms with E-state index in [1.807, 2.05) is 25.1 Å². The van der Waals surface area contributed by atoms with E-state index in [1.165, 1.54) is 9.58 Å². The zero-order chi connectivity index (χ0) is 29.0. The number of benzene rings is 2. The van der Waals surface area contributed by atoms with Gasteiger partial charge in [0.15, 0.2) is 5.75 Å². The van der Waals surface area contributed by atoms with Gasteiger partial charge in [-0.1, -0.05) is 31.2 Å². The zero-order valence-electron chi connectivity index (χ0n) is 23.4. The van der Waals surface area contributed by atoms with Crippen LogP contribution in [0.2, 0.25) is 0 Å². The first-order valence-electron chi connectivity index (χ1n) is 13.2. The number of urea groups is 1. The van der Waals surface area contributed by atoms with Crippen LogP contribution in [-0.2, 0) is 7.05 Å². The van der Waals surface area contributed by atoms with Crippen LogP contribution in [0.15, 0.2) is 54.6 Å². The fourth-order valence-electron chi connectivity index (χ4n) is 4.66. The van der Waals surface area contributed by atoms with Gasteiger partial charge in [-0.2, -0.15) is 5.10 Å². The second-order valence-electron chi connectivity index (χ2n) is 10.2. The molecule has 11 nitrogen and oxygen atoms in total. The monoisotopic (exact) mass is 548 g/mol. The minimum absolute atomic E-state index is 0.206. The van der Waals surface area contributed by atoms with Gasteiger partial charge < -0.3 is 30.3 Å². The highest BCUT2D eigenvalue weighted by molar-refractivity contribution is 6.06. The predicted octanol–water partition coefficient (Wildman–Crippen LogP) is 3.36. The highest BCUT2D eigenvalue weighted by atomic mass is 16.5. The summed E-state index contributed by atoms with van der Waals surface area (Å²) in [5.41, 5.74) is 2.29. The van der Waals surface area contributed by atoms with Crippen molar-refractivity contribution in [1.29, 1.82) is 0 Å². The second kappa shape index (κ2) is 12.2.